The van der Waals surface area contributed by atoms with Crippen molar-refractivity contribution >= 4 is 5.97 Å². The lowest BCUT2D eigenvalue weighted by Gasteiger charge is -2.24. The summed E-state index contributed by atoms with van der Waals surface area (Å²) in [5.74, 6) is -0.166. The molecule has 0 aromatic carbocycles. The fourth-order valence-corrected chi connectivity index (χ4v) is 1.61. The van der Waals surface area contributed by atoms with Crippen LogP contribution in [-0.2, 0) is 19.0 Å². The summed E-state index contributed by atoms with van der Waals surface area (Å²) in [7, 11) is 0. The molecule has 0 amide bonds. The SMILES string of the molecule is O=C1C[C@H](OC2CCCCO2)CO1. The van der Waals surface area contributed by atoms with Crippen LogP contribution in [0.5, 0.6) is 0 Å². The van der Waals surface area contributed by atoms with Crippen LogP contribution in [0, 0.1) is 0 Å². The number of esters is 1. The van der Waals surface area contributed by atoms with Crippen LogP contribution in [0.1, 0.15) is 25.7 Å². The summed E-state index contributed by atoms with van der Waals surface area (Å²) in [5, 5.41) is 0. The molecule has 0 saturated carbocycles. The van der Waals surface area contributed by atoms with Crippen LogP contribution >= 0.6 is 0 Å². The maximum absolute atomic E-state index is 10.8. The molecule has 2 fully saturated rings. The number of rotatable bonds is 2. The first-order valence-corrected chi connectivity index (χ1v) is 4.77. The van der Waals surface area contributed by atoms with Crippen LogP contribution in [-0.4, -0.2) is 31.6 Å². The van der Waals surface area contributed by atoms with Crippen molar-refractivity contribution in [2.45, 2.75) is 38.1 Å². The van der Waals surface area contributed by atoms with E-state index >= 15 is 0 Å². The zero-order valence-electron chi connectivity index (χ0n) is 7.53. The Balaban J connectivity index is 1.73. The van der Waals surface area contributed by atoms with Gasteiger partial charge >= 0.3 is 5.97 Å². The third-order valence-electron chi connectivity index (χ3n) is 2.31. The lowest BCUT2D eigenvalue weighted by Crippen LogP contribution is -2.28. The van der Waals surface area contributed by atoms with Gasteiger partial charge in [0.05, 0.1) is 6.42 Å². The lowest BCUT2D eigenvalue weighted by atomic mass is 10.2. The molecule has 2 aliphatic heterocycles. The molecule has 2 atom stereocenters. The fraction of sp³-hybridized carbons (Fsp3) is 0.889. The Morgan fingerprint density at radius 1 is 1.38 bits per heavy atom. The Labute approximate surface area is 77.1 Å². The highest BCUT2D eigenvalue weighted by Gasteiger charge is 2.28. The first-order chi connectivity index (χ1) is 6.34. The number of cyclic esters (lactones) is 1. The van der Waals surface area contributed by atoms with Crippen LogP contribution in [0.2, 0.25) is 0 Å². The van der Waals surface area contributed by atoms with Crippen molar-refractivity contribution in [3.05, 3.63) is 0 Å². The quantitative estimate of drug-likeness (QED) is 0.599. The number of hydrogen-bond acceptors (Lipinski definition) is 4. The van der Waals surface area contributed by atoms with Crippen LogP contribution < -0.4 is 0 Å². The minimum absolute atomic E-state index is 0.0874. The third-order valence-corrected chi connectivity index (χ3v) is 2.31. The summed E-state index contributed by atoms with van der Waals surface area (Å²) < 4.78 is 15.7. The normalized spacial score (nSPS) is 34.6. The zero-order chi connectivity index (χ0) is 9.10. The largest absolute Gasteiger partial charge is 0.463 e. The van der Waals surface area contributed by atoms with Gasteiger partial charge in [-0.3, -0.25) is 4.79 Å². The molecule has 1 unspecified atom stereocenters. The minimum Gasteiger partial charge on any atom is -0.463 e. The third kappa shape index (κ3) is 2.42. The van der Waals surface area contributed by atoms with E-state index < -0.39 is 0 Å². The predicted octanol–water partition coefficient (Wildman–Crippen LogP) is 0.845. The molecule has 4 nitrogen and oxygen atoms in total. The van der Waals surface area contributed by atoms with Crippen molar-refractivity contribution in [2.24, 2.45) is 0 Å². The van der Waals surface area contributed by atoms with Crippen LogP contribution in [0.4, 0.5) is 0 Å². The molecule has 0 spiro atoms. The maximum Gasteiger partial charge on any atom is 0.308 e. The van der Waals surface area contributed by atoms with E-state index in [2.05, 4.69) is 0 Å². The number of hydrogen-bond donors (Lipinski definition) is 0. The zero-order valence-corrected chi connectivity index (χ0v) is 7.53. The van der Waals surface area contributed by atoms with E-state index in [4.69, 9.17) is 14.2 Å². The average molecular weight is 186 g/mol. The van der Waals surface area contributed by atoms with Crippen molar-refractivity contribution in [3.8, 4) is 0 Å². The summed E-state index contributed by atoms with van der Waals surface area (Å²) in [4.78, 5) is 10.8. The molecule has 2 heterocycles. The molecule has 0 N–H and O–H groups in total. The standard InChI is InChI=1S/C9H14O4/c10-8-5-7(6-12-8)13-9-3-1-2-4-11-9/h7,9H,1-6H2/t7-,9?/m0/s1. The smallest absolute Gasteiger partial charge is 0.308 e. The fourth-order valence-electron chi connectivity index (χ4n) is 1.61. The molecule has 0 aromatic heterocycles. The van der Waals surface area contributed by atoms with Gasteiger partial charge in [0.2, 0.25) is 0 Å². The topological polar surface area (TPSA) is 44.8 Å². The van der Waals surface area contributed by atoms with Crippen molar-refractivity contribution < 1.29 is 19.0 Å². The first-order valence-electron chi connectivity index (χ1n) is 4.77. The predicted molar refractivity (Wildman–Crippen MR) is 44.0 cm³/mol. The number of ether oxygens (including phenoxy) is 3. The number of carbonyl (C=O) groups is 1. The Bertz CT molecular complexity index is 186. The Hall–Kier alpha value is -0.610. The van der Waals surface area contributed by atoms with Crippen molar-refractivity contribution in [2.75, 3.05) is 13.2 Å². The van der Waals surface area contributed by atoms with E-state index in [0.717, 1.165) is 25.9 Å². The molecule has 0 bridgehead atoms. The summed E-state index contributed by atoms with van der Waals surface area (Å²) in [5.41, 5.74) is 0. The Morgan fingerprint density at radius 3 is 2.92 bits per heavy atom. The van der Waals surface area contributed by atoms with Gasteiger partial charge in [0.25, 0.3) is 0 Å². The lowest BCUT2D eigenvalue weighted by molar-refractivity contribution is -0.186. The van der Waals surface area contributed by atoms with Crippen LogP contribution in [0.3, 0.4) is 0 Å². The Kier molecular flexibility index (Phi) is 2.80. The molecule has 0 aromatic rings. The second-order valence-electron chi connectivity index (χ2n) is 3.44. The summed E-state index contributed by atoms with van der Waals surface area (Å²) >= 11 is 0. The minimum atomic E-state index is -0.166. The molecule has 0 aliphatic carbocycles. The van der Waals surface area contributed by atoms with Gasteiger partial charge in [0, 0.05) is 6.61 Å². The maximum atomic E-state index is 10.8. The number of carbonyl (C=O) groups excluding carboxylic acids is 1. The second kappa shape index (κ2) is 4.07. The molecule has 4 heteroatoms. The highest BCUT2D eigenvalue weighted by atomic mass is 16.7. The average Bonchev–Trinajstić information content (AvgIpc) is 2.53. The molecule has 13 heavy (non-hydrogen) atoms. The van der Waals surface area contributed by atoms with Crippen LogP contribution in [0.15, 0.2) is 0 Å². The van der Waals surface area contributed by atoms with Gasteiger partial charge in [-0.05, 0) is 19.3 Å². The molecule has 0 radical (unpaired) electrons. The molecular weight excluding hydrogens is 172 g/mol. The van der Waals surface area contributed by atoms with Gasteiger partial charge in [-0.15, -0.1) is 0 Å². The van der Waals surface area contributed by atoms with E-state index in [0.29, 0.717) is 13.0 Å². The van der Waals surface area contributed by atoms with Gasteiger partial charge < -0.3 is 14.2 Å². The Morgan fingerprint density at radius 2 is 2.31 bits per heavy atom. The van der Waals surface area contributed by atoms with E-state index in [1.165, 1.54) is 0 Å². The molecule has 2 aliphatic rings. The first kappa shape index (κ1) is 8.97. The van der Waals surface area contributed by atoms with Crippen molar-refractivity contribution in [1.29, 1.82) is 0 Å². The van der Waals surface area contributed by atoms with Gasteiger partial charge in [-0.25, -0.2) is 0 Å². The molecule has 74 valence electrons. The molecule has 2 saturated heterocycles. The summed E-state index contributed by atoms with van der Waals surface area (Å²) in [6.07, 6.45) is 3.36. The highest BCUT2D eigenvalue weighted by molar-refractivity contribution is 5.71. The highest BCUT2D eigenvalue weighted by Crippen LogP contribution is 2.19. The molecular formula is C9H14O4. The van der Waals surface area contributed by atoms with Gasteiger partial charge in [-0.2, -0.15) is 0 Å². The van der Waals surface area contributed by atoms with Crippen LogP contribution in [0.25, 0.3) is 0 Å². The second-order valence-corrected chi connectivity index (χ2v) is 3.44. The van der Waals surface area contributed by atoms with E-state index in [9.17, 15) is 4.79 Å². The van der Waals surface area contributed by atoms with E-state index in [1.54, 1.807) is 0 Å². The summed E-state index contributed by atoms with van der Waals surface area (Å²) in [6, 6.07) is 0. The summed E-state index contributed by atoms with van der Waals surface area (Å²) in [6.45, 7) is 1.16. The molecule has 2 rings (SSSR count). The van der Waals surface area contributed by atoms with E-state index in [1.807, 2.05) is 0 Å². The van der Waals surface area contributed by atoms with Crippen molar-refractivity contribution in [1.82, 2.24) is 0 Å². The van der Waals surface area contributed by atoms with Gasteiger partial charge in [-0.1, -0.05) is 0 Å². The van der Waals surface area contributed by atoms with Gasteiger partial charge in [0.1, 0.15) is 12.7 Å². The van der Waals surface area contributed by atoms with Gasteiger partial charge in [0.15, 0.2) is 6.29 Å². The van der Waals surface area contributed by atoms with Crippen molar-refractivity contribution in [3.63, 3.8) is 0 Å². The van der Waals surface area contributed by atoms with E-state index in [-0.39, 0.29) is 18.4 Å². The monoisotopic (exact) mass is 186 g/mol.